The van der Waals surface area contributed by atoms with Gasteiger partial charge in [0.1, 0.15) is 11.5 Å². The van der Waals surface area contributed by atoms with Crippen molar-refractivity contribution >= 4 is 28.7 Å². The predicted octanol–water partition coefficient (Wildman–Crippen LogP) is 4.03. The first-order valence-electron chi connectivity index (χ1n) is 9.63. The molecule has 2 aromatic carbocycles. The fraction of sp³-hybridized carbons (Fsp3) is 0.125. The van der Waals surface area contributed by atoms with E-state index in [1.54, 1.807) is 23.3 Å². The van der Waals surface area contributed by atoms with Crippen molar-refractivity contribution in [2.75, 3.05) is 19.1 Å². The van der Waals surface area contributed by atoms with E-state index >= 15 is 0 Å². The molecule has 0 bridgehead atoms. The molecule has 3 aromatic rings. The summed E-state index contributed by atoms with van der Waals surface area (Å²) in [6.45, 7) is 2.04. The van der Waals surface area contributed by atoms with Crippen molar-refractivity contribution in [3.8, 4) is 11.4 Å². The zero-order valence-electron chi connectivity index (χ0n) is 17.4. The fourth-order valence-corrected chi connectivity index (χ4v) is 3.41. The second-order valence-electron chi connectivity index (χ2n) is 6.97. The van der Waals surface area contributed by atoms with Crippen LogP contribution in [0.25, 0.3) is 22.4 Å². The van der Waals surface area contributed by atoms with Crippen LogP contribution in [0.2, 0.25) is 0 Å². The highest BCUT2D eigenvalue weighted by molar-refractivity contribution is 6.05. The summed E-state index contributed by atoms with van der Waals surface area (Å²) in [5, 5.41) is 0. The minimum absolute atomic E-state index is 0.0753. The molecular weight excluding hydrogens is 394 g/mol. The summed E-state index contributed by atoms with van der Waals surface area (Å²) in [5.41, 5.74) is 4.78. The number of anilines is 1. The van der Waals surface area contributed by atoms with Crippen LogP contribution in [0.1, 0.15) is 5.56 Å². The summed E-state index contributed by atoms with van der Waals surface area (Å²) in [5.74, 6) is -0.521. The Hall–Kier alpha value is -4.13. The number of methoxy groups -OCH3 is 2. The number of carbonyl (C=O) groups is 2. The maximum absolute atomic E-state index is 12.5. The highest BCUT2D eigenvalue weighted by Gasteiger charge is 2.27. The number of H-pyrrole nitrogens is 1. The standard InChI is InChI=1S/C24H21N3O4/c1-15-7-12-19-20(14-15)26-22(25-19)16-8-10-17(11-9-16)27-13-5-4-6-18(23(28)30-2)21(27)24(29)31-3/h4-14H,1-3H3,(H,25,26). The number of ether oxygens (including phenoxy) is 2. The second kappa shape index (κ2) is 8.31. The van der Waals surface area contributed by atoms with E-state index in [-0.39, 0.29) is 11.3 Å². The molecule has 0 atom stereocenters. The first kappa shape index (κ1) is 20.2. The van der Waals surface area contributed by atoms with Gasteiger partial charge in [0.05, 0.1) is 30.8 Å². The first-order chi connectivity index (χ1) is 15.0. The average molecular weight is 415 g/mol. The SMILES string of the molecule is COC(=O)C1=C(C(=O)OC)N(c2ccc(-c3nc4ccc(C)cc4[nH]3)cc2)C=CC=C1. The number of hydrogen-bond donors (Lipinski definition) is 1. The Bertz CT molecular complexity index is 1250. The van der Waals surface area contributed by atoms with Crippen molar-refractivity contribution in [2.45, 2.75) is 6.92 Å². The molecule has 0 fully saturated rings. The fourth-order valence-electron chi connectivity index (χ4n) is 3.41. The molecule has 2 heterocycles. The molecule has 0 amide bonds. The van der Waals surface area contributed by atoms with E-state index in [4.69, 9.17) is 9.47 Å². The Kier molecular flexibility index (Phi) is 5.41. The molecule has 7 nitrogen and oxygen atoms in total. The number of nitrogens with zero attached hydrogens (tertiary/aromatic N) is 2. The molecule has 0 saturated heterocycles. The van der Waals surface area contributed by atoms with Gasteiger partial charge in [0.25, 0.3) is 0 Å². The van der Waals surface area contributed by atoms with Crippen LogP contribution in [-0.4, -0.2) is 36.1 Å². The Labute approximate surface area is 179 Å². The van der Waals surface area contributed by atoms with Gasteiger partial charge in [0.15, 0.2) is 0 Å². The van der Waals surface area contributed by atoms with Crippen molar-refractivity contribution < 1.29 is 19.1 Å². The molecule has 4 rings (SSSR count). The number of rotatable bonds is 4. The monoisotopic (exact) mass is 415 g/mol. The number of allylic oxidation sites excluding steroid dienone is 2. The molecule has 156 valence electrons. The number of nitrogens with one attached hydrogen (secondary N) is 1. The van der Waals surface area contributed by atoms with Gasteiger partial charge in [-0.3, -0.25) is 0 Å². The van der Waals surface area contributed by atoms with Crippen molar-refractivity contribution in [1.82, 2.24) is 9.97 Å². The molecule has 1 N–H and O–H groups in total. The quantitative estimate of drug-likeness (QED) is 0.648. The van der Waals surface area contributed by atoms with Crippen LogP contribution in [-0.2, 0) is 19.1 Å². The van der Waals surface area contributed by atoms with E-state index in [1.165, 1.54) is 20.3 Å². The van der Waals surface area contributed by atoms with Gasteiger partial charge >= 0.3 is 11.9 Å². The lowest BCUT2D eigenvalue weighted by Gasteiger charge is -2.23. The molecule has 7 heteroatoms. The predicted molar refractivity (Wildman–Crippen MR) is 118 cm³/mol. The molecule has 0 spiro atoms. The number of hydrogen-bond acceptors (Lipinski definition) is 6. The molecule has 0 unspecified atom stereocenters. The highest BCUT2D eigenvalue weighted by Crippen LogP contribution is 2.29. The zero-order valence-corrected chi connectivity index (χ0v) is 17.4. The van der Waals surface area contributed by atoms with Gasteiger partial charge in [-0.1, -0.05) is 12.1 Å². The Morgan fingerprint density at radius 1 is 0.968 bits per heavy atom. The lowest BCUT2D eigenvalue weighted by Crippen LogP contribution is -2.26. The molecule has 0 aliphatic carbocycles. The number of benzene rings is 2. The minimum atomic E-state index is -0.645. The largest absolute Gasteiger partial charge is 0.465 e. The molecule has 0 saturated carbocycles. The lowest BCUT2D eigenvalue weighted by atomic mass is 10.1. The summed E-state index contributed by atoms with van der Waals surface area (Å²) in [6, 6.07) is 13.6. The Balaban J connectivity index is 1.74. The van der Waals surface area contributed by atoms with Crippen molar-refractivity contribution in [1.29, 1.82) is 0 Å². The Morgan fingerprint density at radius 3 is 2.42 bits per heavy atom. The van der Waals surface area contributed by atoms with E-state index < -0.39 is 11.9 Å². The Morgan fingerprint density at radius 2 is 1.71 bits per heavy atom. The summed E-state index contributed by atoms with van der Waals surface area (Å²) in [4.78, 5) is 34.4. The average Bonchev–Trinajstić information content (AvgIpc) is 3.08. The number of fused-ring (bicyclic) bond motifs is 1. The summed E-state index contributed by atoms with van der Waals surface area (Å²) < 4.78 is 9.78. The third-order valence-electron chi connectivity index (χ3n) is 4.95. The number of esters is 2. The number of aryl methyl sites for hydroxylation is 1. The van der Waals surface area contributed by atoms with Crippen LogP contribution in [0, 0.1) is 6.92 Å². The van der Waals surface area contributed by atoms with E-state index in [0.29, 0.717) is 5.69 Å². The third-order valence-corrected chi connectivity index (χ3v) is 4.95. The van der Waals surface area contributed by atoms with Crippen LogP contribution >= 0.6 is 0 Å². The summed E-state index contributed by atoms with van der Waals surface area (Å²) >= 11 is 0. The number of aromatic nitrogens is 2. The molecule has 31 heavy (non-hydrogen) atoms. The van der Waals surface area contributed by atoms with Gasteiger partial charge in [-0.15, -0.1) is 0 Å². The topological polar surface area (TPSA) is 84.5 Å². The normalized spacial score (nSPS) is 13.5. The molecule has 1 aromatic heterocycles. The molecule has 1 aliphatic rings. The molecule has 1 aliphatic heterocycles. The van der Waals surface area contributed by atoms with E-state index in [2.05, 4.69) is 16.0 Å². The summed E-state index contributed by atoms with van der Waals surface area (Å²) in [6.07, 6.45) is 6.62. The van der Waals surface area contributed by atoms with Crippen LogP contribution in [0.15, 0.2) is 78.2 Å². The number of carbonyl (C=O) groups excluding carboxylic acids is 2. The number of imidazole rings is 1. The van der Waals surface area contributed by atoms with Crippen LogP contribution in [0.3, 0.4) is 0 Å². The highest BCUT2D eigenvalue weighted by atomic mass is 16.5. The lowest BCUT2D eigenvalue weighted by molar-refractivity contribution is -0.139. The zero-order chi connectivity index (χ0) is 22.0. The minimum Gasteiger partial charge on any atom is -0.465 e. The maximum atomic E-state index is 12.5. The van der Waals surface area contributed by atoms with Gasteiger partial charge in [-0.05, 0) is 61.0 Å². The van der Waals surface area contributed by atoms with Crippen molar-refractivity contribution in [3.05, 3.63) is 83.7 Å². The van der Waals surface area contributed by atoms with Gasteiger partial charge < -0.3 is 19.4 Å². The van der Waals surface area contributed by atoms with E-state index in [0.717, 1.165) is 28.0 Å². The van der Waals surface area contributed by atoms with Gasteiger partial charge in [0, 0.05) is 17.5 Å². The van der Waals surface area contributed by atoms with Gasteiger partial charge in [-0.2, -0.15) is 0 Å². The first-order valence-corrected chi connectivity index (χ1v) is 9.63. The van der Waals surface area contributed by atoms with E-state index in [9.17, 15) is 9.59 Å². The van der Waals surface area contributed by atoms with Crippen molar-refractivity contribution in [3.63, 3.8) is 0 Å². The van der Waals surface area contributed by atoms with Gasteiger partial charge in [-0.25, -0.2) is 14.6 Å². The maximum Gasteiger partial charge on any atom is 0.355 e. The molecule has 0 radical (unpaired) electrons. The van der Waals surface area contributed by atoms with Gasteiger partial charge in [0.2, 0.25) is 0 Å². The second-order valence-corrected chi connectivity index (χ2v) is 6.97. The van der Waals surface area contributed by atoms with E-state index in [1.807, 2.05) is 43.3 Å². The smallest absolute Gasteiger partial charge is 0.355 e. The van der Waals surface area contributed by atoms with Crippen LogP contribution in [0.4, 0.5) is 5.69 Å². The molecular formula is C24H21N3O4. The van der Waals surface area contributed by atoms with Crippen LogP contribution in [0.5, 0.6) is 0 Å². The summed E-state index contributed by atoms with van der Waals surface area (Å²) in [7, 11) is 2.54. The third kappa shape index (κ3) is 3.85. The van der Waals surface area contributed by atoms with Crippen molar-refractivity contribution in [2.24, 2.45) is 0 Å². The van der Waals surface area contributed by atoms with Crippen LogP contribution < -0.4 is 4.90 Å². The number of aromatic amines is 1.